The molecular formula is C13H14O3. The molecule has 0 amide bonds. The van der Waals surface area contributed by atoms with Crippen LogP contribution >= 0.6 is 0 Å². The van der Waals surface area contributed by atoms with E-state index in [0.717, 1.165) is 5.76 Å². The molecule has 0 saturated carbocycles. The van der Waals surface area contributed by atoms with Crippen LogP contribution in [0.4, 0.5) is 0 Å². The molecule has 2 aromatic rings. The molecule has 0 unspecified atom stereocenters. The SMILES string of the molecule is CCc1oc2cc(OC)ccc2c(=O)c1C. The van der Waals surface area contributed by atoms with Crippen LogP contribution in [0.2, 0.25) is 0 Å². The van der Waals surface area contributed by atoms with Gasteiger partial charge < -0.3 is 9.15 Å². The molecule has 3 nitrogen and oxygen atoms in total. The zero-order valence-corrected chi connectivity index (χ0v) is 9.66. The number of rotatable bonds is 2. The number of benzene rings is 1. The molecule has 0 atom stereocenters. The van der Waals surface area contributed by atoms with E-state index in [9.17, 15) is 4.79 Å². The lowest BCUT2D eigenvalue weighted by atomic mass is 10.1. The van der Waals surface area contributed by atoms with E-state index in [2.05, 4.69) is 0 Å². The summed E-state index contributed by atoms with van der Waals surface area (Å²) in [4.78, 5) is 12.0. The minimum absolute atomic E-state index is 0.0424. The number of fused-ring (bicyclic) bond motifs is 1. The summed E-state index contributed by atoms with van der Waals surface area (Å²) in [7, 11) is 1.59. The fourth-order valence-corrected chi connectivity index (χ4v) is 1.78. The van der Waals surface area contributed by atoms with Crippen molar-refractivity contribution >= 4 is 11.0 Å². The molecule has 0 saturated heterocycles. The van der Waals surface area contributed by atoms with Gasteiger partial charge in [-0.2, -0.15) is 0 Å². The summed E-state index contributed by atoms with van der Waals surface area (Å²) >= 11 is 0. The molecule has 0 aliphatic heterocycles. The molecule has 16 heavy (non-hydrogen) atoms. The molecule has 0 spiro atoms. The van der Waals surface area contributed by atoms with Crippen LogP contribution in [0.5, 0.6) is 5.75 Å². The summed E-state index contributed by atoms with van der Waals surface area (Å²) in [5.41, 5.74) is 1.33. The molecule has 0 aliphatic carbocycles. The third-order valence-electron chi connectivity index (χ3n) is 2.75. The maximum absolute atomic E-state index is 12.0. The second-order valence-electron chi connectivity index (χ2n) is 3.70. The first-order valence-corrected chi connectivity index (χ1v) is 5.27. The Kier molecular flexibility index (Phi) is 2.69. The predicted molar refractivity (Wildman–Crippen MR) is 63.2 cm³/mol. The van der Waals surface area contributed by atoms with Gasteiger partial charge in [0.05, 0.1) is 12.5 Å². The van der Waals surface area contributed by atoms with Gasteiger partial charge >= 0.3 is 0 Å². The first-order valence-electron chi connectivity index (χ1n) is 5.27. The van der Waals surface area contributed by atoms with Gasteiger partial charge in [-0.1, -0.05) is 6.92 Å². The number of ether oxygens (including phenoxy) is 1. The molecule has 0 fully saturated rings. The van der Waals surface area contributed by atoms with Gasteiger partial charge in [0.2, 0.25) is 0 Å². The second-order valence-corrected chi connectivity index (χ2v) is 3.70. The van der Waals surface area contributed by atoms with E-state index in [1.807, 2.05) is 6.92 Å². The summed E-state index contributed by atoms with van der Waals surface area (Å²) in [6, 6.07) is 5.26. The molecule has 3 heteroatoms. The quantitative estimate of drug-likeness (QED) is 0.778. The summed E-state index contributed by atoms with van der Waals surface area (Å²) in [5, 5.41) is 0.607. The Hall–Kier alpha value is -1.77. The first kappa shape index (κ1) is 10.7. The molecule has 0 N–H and O–H groups in total. The monoisotopic (exact) mass is 218 g/mol. The highest BCUT2D eigenvalue weighted by Gasteiger charge is 2.09. The van der Waals surface area contributed by atoms with Crippen LogP contribution < -0.4 is 10.2 Å². The molecule has 1 heterocycles. The van der Waals surface area contributed by atoms with Crippen LogP contribution in [-0.2, 0) is 6.42 Å². The van der Waals surface area contributed by atoms with Gasteiger partial charge in [-0.15, -0.1) is 0 Å². The van der Waals surface area contributed by atoms with Crippen LogP contribution in [0.15, 0.2) is 27.4 Å². The summed E-state index contributed by atoms with van der Waals surface area (Å²) in [5.74, 6) is 1.44. The van der Waals surface area contributed by atoms with Crippen molar-refractivity contribution in [3.8, 4) is 5.75 Å². The third-order valence-corrected chi connectivity index (χ3v) is 2.75. The first-order chi connectivity index (χ1) is 7.67. The Balaban J connectivity index is 2.82. The minimum atomic E-state index is 0.0424. The van der Waals surface area contributed by atoms with Crippen LogP contribution in [0.1, 0.15) is 18.2 Å². The van der Waals surface area contributed by atoms with Gasteiger partial charge in [0, 0.05) is 18.1 Å². The maximum Gasteiger partial charge on any atom is 0.195 e. The molecule has 1 aromatic heterocycles. The summed E-state index contributed by atoms with van der Waals surface area (Å²) in [6.07, 6.45) is 0.716. The van der Waals surface area contributed by atoms with Gasteiger partial charge in [-0.3, -0.25) is 4.79 Å². The Morgan fingerprint density at radius 3 is 2.75 bits per heavy atom. The van der Waals surface area contributed by atoms with E-state index in [1.54, 1.807) is 32.2 Å². The van der Waals surface area contributed by atoms with Crippen molar-refractivity contribution < 1.29 is 9.15 Å². The molecule has 1 aromatic carbocycles. The fourth-order valence-electron chi connectivity index (χ4n) is 1.78. The van der Waals surface area contributed by atoms with Crippen molar-refractivity contribution in [2.24, 2.45) is 0 Å². The summed E-state index contributed by atoms with van der Waals surface area (Å²) in [6.45, 7) is 3.77. The lowest BCUT2D eigenvalue weighted by molar-refractivity contribution is 0.414. The smallest absolute Gasteiger partial charge is 0.195 e. The standard InChI is InChI=1S/C13H14O3/c1-4-11-8(2)13(14)10-6-5-9(15-3)7-12(10)16-11/h5-7H,4H2,1-3H3. The Morgan fingerprint density at radius 1 is 1.38 bits per heavy atom. The van der Waals surface area contributed by atoms with Gasteiger partial charge in [-0.05, 0) is 19.1 Å². The van der Waals surface area contributed by atoms with Gasteiger partial charge in [0.15, 0.2) is 5.43 Å². The average Bonchev–Trinajstić information content (AvgIpc) is 2.33. The van der Waals surface area contributed by atoms with Gasteiger partial charge in [-0.25, -0.2) is 0 Å². The third kappa shape index (κ3) is 1.58. The van der Waals surface area contributed by atoms with Crippen molar-refractivity contribution in [3.63, 3.8) is 0 Å². The van der Waals surface area contributed by atoms with Gasteiger partial charge in [0.1, 0.15) is 17.1 Å². The lowest BCUT2D eigenvalue weighted by Gasteiger charge is -2.06. The molecule has 84 valence electrons. The maximum atomic E-state index is 12.0. The van der Waals surface area contributed by atoms with E-state index < -0.39 is 0 Å². The number of hydrogen-bond acceptors (Lipinski definition) is 3. The number of aryl methyl sites for hydroxylation is 1. The zero-order valence-electron chi connectivity index (χ0n) is 9.66. The van der Waals surface area contributed by atoms with Crippen LogP contribution in [-0.4, -0.2) is 7.11 Å². The van der Waals surface area contributed by atoms with Gasteiger partial charge in [0.25, 0.3) is 0 Å². The van der Waals surface area contributed by atoms with E-state index in [4.69, 9.17) is 9.15 Å². The Labute approximate surface area is 93.7 Å². The Morgan fingerprint density at radius 2 is 2.12 bits per heavy atom. The molecule has 0 radical (unpaired) electrons. The molecular weight excluding hydrogens is 204 g/mol. The van der Waals surface area contributed by atoms with E-state index in [0.29, 0.717) is 28.7 Å². The largest absolute Gasteiger partial charge is 0.497 e. The zero-order chi connectivity index (χ0) is 11.7. The van der Waals surface area contributed by atoms with E-state index in [-0.39, 0.29) is 5.43 Å². The van der Waals surface area contributed by atoms with Crippen molar-refractivity contribution in [1.82, 2.24) is 0 Å². The number of methoxy groups -OCH3 is 1. The molecule has 0 aliphatic rings. The van der Waals surface area contributed by atoms with E-state index in [1.165, 1.54) is 0 Å². The molecule has 0 bridgehead atoms. The predicted octanol–water partition coefficient (Wildman–Crippen LogP) is 2.67. The second kappa shape index (κ2) is 4.00. The van der Waals surface area contributed by atoms with Crippen molar-refractivity contribution in [3.05, 3.63) is 39.7 Å². The van der Waals surface area contributed by atoms with E-state index >= 15 is 0 Å². The highest BCUT2D eigenvalue weighted by atomic mass is 16.5. The fraction of sp³-hybridized carbons (Fsp3) is 0.308. The normalized spacial score (nSPS) is 10.7. The van der Waals surface area contributed by atoms with Crippen molar-refractivity contribution in [1.29, 1.82) is 0 Å². The summed E-state index contributed by atoms with van der Waals surface area (Å²) < 4.78 is 10.8. The highest BCUT2D eigenvalue weighted by molar-refractivity contribution is 5.78. The Bertz CT molecular complexity index is 581. The number of hydrogen-bond donors (Lipinski definition) is 0. The minimum Gasteiger partial charge on any atom is -0.497 e. The highest BCUT2D eigenvalue weighted by Crippen LogP contribution is 2.21. The van der Waals surface area contributed by atoms with Crippen LogP contribution in [0, 0.1) is 6.92 Å². The average molecular weight is 218 g/mol. The van der Waals surface area contributed by atoms with Crippen LogP contribution in [0.3, 0.4) is 0 Å². The van der Waals surface area contributed by atoms with Crippen molar-refractivity contribution in [2.45, 2.75) is 20.3 Å². The van der Waals surface area contributed by atoms with Crippen molar-refractivity contribution in [2.75, 3.05) is 7.11 Å². The van der Waals surface area contributed by atoms with Crippen LogP contribution in [0.25, 0.3) is 11.0 Å². The topological polar surface area (TPSA) is 39.4 Å². The molecule has 2 rings (SSSR count). The lowest BCUT2D eigenvalue weighted by Crippen LogP contribution is -2.08.